The number of nitrogens with one attached hydrogen (secondary N) is 2. The van der Waals surface area contributed by atoms with Crippen molar-refractivity contribution in [1.82, 2.24) is 5.32 Å². The van der Waals surface area contributed by atoms with Gasteiger partial charge >= 0.3 is 6.03 Å². The van der Waals surface area contributed by atoms with Gasteiger partial charge in [-0.3, -0.25) is 4.79 Å². The van der Waals surface area contributed by atoms with Crippen LogP contribution in [-0.2, 0) is 0 Å². The largest absolute Gasteiger partial charge is 0.331 e. The van der Waals surface area contributed by atoms with Crippen LogP contribution in [0.3, 0.4) is 0 Å². The maximum Gasteiger partial charge on any atom is 0.319 e. The van der Waals surface area contributed by atoms with Crippen LogP contribution < -0.4 is 10.6 Å². The maximum absolute atomic E-state index is 12.1. The van der Waals surface area contributed by atoms with E-state index in [2.05, 4.69) is 16.7 Å². The Balaban J connectivity index is 2.04. The van der Waals surface area contributed by atoms with Crippen molar-refractivity contribution >= 4 is 17.5 Å². The second kappa shape index (κ2) is 7.09. The molecule has 0 aromatic heterocycles. The van der Waals surface area contributed by atoms with Crippen LogP contribution in [0.1, 0.15) is 46.9 Å². The summed E-state index contributed by atoms with van der Waals surface area (Å²) >= 11 is 0. The van der Waals surface area contributed by atoms with E-state index >= 15 is 0 Å². The van der Waals surface area contributed by atoms with E-state index in [4.69, 9.17) is 0 Å². The minimum Gasteiger partial charge on any atom is -0.331 e. The van der Waals surface area contributed by atoms with E-state index in [1.807, 2.05) is 32.9 Å². The summed E-state index contributed by atoms with van der Waals surface area (Å²) in [6.07, 6.45) is 0. The van der Waals surface area contributed by atoms with Crippen molar-refractivity contribution in [3.63, 3.8) is 0 Å². The van der Waals surface area contributed by atoms with Crippen LogP contribution in [0.15, 0.2) is 42.5 Å². The van der Waals surface area contributed by atoms with E-state index in [9.17, 15) is 9.59 Å². The summed E-state index contributed by atoms with van der Waals surface area (Å²) in [5.41, 5.74) is 4.61. The summed E-state index contributed by atoms with van der Waals surface area (Å²) in [5, 5.41) is 5.69. The number of benzene rings is 2. The molecule has 2 aromatic rings. The van der Waals surface area contributed by atoms with Gasteiger partial charge in [-0.25, -0.2) is 4.79 Å². The van der Waals surface area contributed by atoms with Gasteiger partial charge in [-0.05, 0) is 51.0 Å². The lowest BCUT2D eigenvalue weighted by atomic mass is 10.0. The molecule has 0 aliphatic heterocycles. The highest BCUT2D eigenvalue weighted by Crippen LogP contribution is 2.19. The number of hydrogen-bond donors (Lipinski definition) is 2. The number of carbonyl (C=O) groups is 2. The zero-order chi connectivity index (χ0) is 17.0. The molecule has 0 saturated carbocycles. The number of carbonyl (C=O) groups excluding carboxylic acids is 2. The normalized spacial score (nSPS) is 11.7. The van der Waals surface area contributed by atoms with Gasteiger partial charge in [-0.1, -0.05) is 35.9 Å². The zero-order valence-electron chi connectivity index (χ0n) is 13.9. The molecule has 0 fully saturated rings. The summed E-state index contributed by atoms with van der Waals surface area (Å²) in [6.45, 7) is 7.53. The van der Waals surface area contributed by atoms with Crippen molar-refractivity contribution in [2.24, 2.45) is 0 Å². The van der Waals surface area contributed by atoms with Crippen molar-refractivity contribution in [3.05, 3.63) is 64.7 Å². The predicted octanol–water partition coefficient (Wildman–Crippen LogP) is 4.39. The van der Waals surface area contributed by atoms with Crippen LogP contribution in [0.5, 0.6) is 0 Å². The number of urea groups is 1. The van der Waals surface area contributed by atoms with Crippen molar-refractivity contribution in [2.75, 3.05) is 5.32 Å². The fourth-order valence-corrected chi connectivity index (χ4v) is 2.57. The van der Waals surface area contributed by atoms with Gasteiger partial charge in [0.25, 0.3) is 0 Å². The number of rotatable bonds is 4. The Kier molecular flexibility index (Phi) is 5.16. The van der Waals surface area contributed by atoms with E-state index in [-0.39, 0.29) is 17.9 Å². The van der Waals surface area contributed by atoms with E-state index in [0.29, 0.717) is 11.3 Å². The van der Waals surface area contributed by atoms with Gasteiger partial charge in [-0.2, -0.15) is 0 Å². The van der Waals surface area contributed by atoms with Crippen molar-refractivity contribution in [1.29, 1.82) is 0 Å². The number of amides is 2. The first-order chi connectivity index (χ1) is 10.9. The third kappa shape index (κ3) is 4.42. The molecule has 0 bridgehead atoms. The Morgan fingerprint density at radius 1 is 1.04 bits per heavy atom. The lowest BCUT2D eigenvalue weighted by Gasteiger charge is -2.17. The Morgan fingerprint density at radius 2 is 1.78 bits per heavy atom. The molecule has 0 spiro atoms. The molecule has 2 amide bonds. The molecule has 1 unspecified atom stereocenters. The van der Waals surface area contributed by atoms with Crippen LogP contribution in [0, 0.1) is 13.8 Å². The van der Waals surface area contributed by atoms with Crippen LogP contribution >= 0.6 is 0 Å². The monoisotopic (exact) mass is 310 g/mol. The van der Waals surface area contributed by atoms with Gasteiger partial charge in [0.1, 0.15) is 0 Å². The third-order valence-electron chi connectivity index (χ3n) is 3.77. The quantitative estimate of drug-likeness (QED) is 0.823. The van der Waals surface area contributed by atoms with Gasteiger partial charge < -0.3 is 10.6 Å². The fraction of sp³-hybridized carbons (Fsp3) is 0.263. The van der Waals surface area contributed by atoms with Gasteiger partial charge in [-0.15, -0.1) is 0 Å². The molecule has 1 atom stereocenters. The van der Waals surface area contributed by atoms with Gasteiger partial charge in [0.2, 0.25) is 0 Å². The molecule has 0 aliphatic carbocycles. The molecule has 2 rings (SSSR count). The first-order valence-electron chi connectivity index (χ1n) is 7.62. The minimum atomic E-state index is -0.293. The Bertz CT molecular complexity index is 738. The van der Waals surface area contributed by atoms with Crippen molar-refractivity contribution in [3.8, 4) is 0 Å². The number of anilines is 1. The van der Waals surface area contributed by atoms with E-state index in [1.54, 1.807) is 24.3 Å². The smallest absolute Gasteiger partial charge is 0.319 e. The standard InChI is InChI=1S/C19H22N2O2/c1-12-8-9-18(13(2)10-12)14(3)20-19(23)21-17-7-5-6-16(11-17)15(4)22/h5-11,14H,1-4H3,(H2,20,21,23). The van der Waals surface area contributed by atoms with Crippen molar-refractivity contribution < 1.29 is 9.59 Å². The third-order valence-corrected chi connectivity index (χ3v) is 3.77. The van der Waals surface area contributed by atoms with Gasteiger partial charge in [0.15, 0.2) is 5.78 Å². The lowest BCUT2D eigenvalue weighted by Crippen LogP contribution is -2.31. The average Bonchev–Trinajstić information content (AvgIpc) is 2.47. The Labute approximate surface area is 136 Å². The fourth-order valence-electron chi connectivity index (χ4n) is 2.57. The highest BCUT2D eigenvalue weighted by Gasteiger charge is 2.12. The molecule has 0 radical (unpaired) electrons. The topological polar surface area (TPSA) is 58.2 Å². The van der Waals surface area contributed by atoms with E-state index < -0.39 is 0 Å². The van der Waals surface area contributed by atoms with Crippen LogP contribution in [0.4, 0.5) is 10.5 Å². The minimum absolute atomic E-state index is 0.0299. The maximum atomic E-state index is 12.1. The highest BCUT2D eigenvalue weighted by atomic mass is 16.2. The first kappa shape index (κ1) is 16.7. The molecule has 0 heterocycles. The van der Waals surface area contributed by atoms with Crippen LogP contribution in [0.2, 0.25) is 0 Å². The summed E-state index contributed by atoms with van der Waals surface area (Å²) in [4.78, 5) is 23.5. The zero-order valence-corrected chi connectivity index (χ0v) is 13.9. The van der Waals surface area contributed by atoms with Gasteiger partial charge in [0, 0.05) is 11.3 Å². The molecule has 2 aromatic carbocycles. The Hall–Kier alpha value is -2.62. The number of hydrogen-bond acceptors (Lipinski definition) is 2. The average molecular weight is 310 g/mol. The molecule has 2 N–H and O–H groups in total. The molecular weight excluding hydrogens is 288 g/mol. The summed E-state index contributed by atoms with van der Waals surface area (Å²) < 4.78 is 0. The first-order valence-corrected chi connectivity index (χ1v) is 7.62. The van der Waals surface area contributed by atoms with E-state index in [0.717, 1.165) is 11.1 Å². The van der Waals surface area contributed by atoms with Crippen LogP contribution in [0.25, 0.3) is 0 Å². The number of Topliss-reactive ketones (excluding diaryl/α,β-unsaturated/α-hetero) is 1. The summed E-state index contributed by atoms with van der Waals surface area (Å²) in [7, 11) is 0. The lowest BCUT2D eigenvalue weighted by molar-refractivity contribution is 0.101. The van der Waals surface area contributed by atoms with Gasteiger partial charge in [0.05, 0.1) is 6.04 Å². The molecule has 4 nitrogen and oxygen atoms in total. The molecular formula is C19H22N2O2. The highest BCUT2D eigenvalue weighted by molar-refractivity contribution is 5.96. The molecule has 4 heteroatoms. The van der Waals surface area contributed by atoms with E-state index in [1.165, 1.54) is 12.5 Å². The second-order valence-electron chi connectivity index (χ2n) is 5.82. The molecule has 120 valence electrons. The second-order valence-corrected chi connectivity index (χ2v) is 5.82. The predicted molar refractivity (Wildman–Crippen MR) is 92.9 cm³/mol. The number of aryl methyl sites for hydroxylation is 2. The summed E-state index contributed by atoms with van der Waals surface area (Å²) in [5.74, 6) is -0.0299. The van der Waals surface area contributed by atoms with Crippen LogP contribution in [-0.4, -0.2) is 11.8 Å². The number of ketones is 1. The Morgan fingerprint density at radius 3 is 2.43 bits per heavy atom. The molecule has 0 aliphatic rings. The SMILES string of the molecule is CC(=O)c1cccc(NC(=O)NC(C)c2ccc(C)cc2C)c1. The van der Waals surface area contributed by atoms with Crippen molar-refractivity contribution in [2.45, 2.75) is 33.7 Å². The molecule has 23 heavy (non-hydrogen) atoms. The summed E-state index contributed by atoms with van der Waals surface area (Å²) in [6, 6.07) is 12.7. The molecule has 0 saturated heterocycles.